The van der Waals surface area contributed by atoms with E-state index in [9.17, 15) is 8.42 Å². The largest absolute Gasteiger partial charge is 0.357 e. The second-order valence-electron chi connectivity index (χ2n) is 5.80. The van der Waals surface area contributed by atoms with E-state index in [0.717, 1.165) is 12.3 Å². The summed E-state index contributed by atoms with van der Waals surface area (Å²) in [6.07, 6.45) is 8.49. The first-order valence-electron chi connectivity index (χ1n) is 7.50. The molecule has 1 aromatic heterocycles. The van der Waals surface area contributed by atoms with Crippen molar-refractivity contribution < 1.29 is 8.42 Å². The summed E-state index contributed by atoms with van der Waals surface area (Å²) in [5, 5.41) is 2.76. The van der Waals surface area contributed by atoms with Gasteiger partial charge >= 0.3 is 0 Å². The van der Waals surface area contributed by atoms with Crippen LogP contribution in [0.2, 0.25) is 0 Å². The van der Waals surface area contributed by atoms with Crippen LogP contribution in [0.3, 0.4) is 0 Å². The fraction of sp³-hybridized carbons (Fsp3) is 0.714. The van der Waals surface area contributed by atoms with E-state index in [1.165, 1.54) is 38.1 Å². The van der Waals surface area contributed by atoms with E-state index in [2.05, 4.69) is 26.9 Å². The van der Waals surface area contributed by atoms with E-state index in [1.807, 2.05) is 0 Å². The van der Waals surface area contributed by atoms with E-state index < -0.39 is 10.0 Å². The minimum absolute atomic E-state index is 0.110. The highest BCUT2D eigenvalue weighted by atomic mass is 32.2. The van der Waals surface area contributed by atoms with Crippen LogP contribution < -0.4 is 10.0 Å². The van der Waals surface area contributed by atoms with Crippen molar-refractivity contribution in [1.82, 2.24) is 14.7 Å². The SMILES string of the molecule is CNc1ncc(S(=O)(=O)NCCC2CCC(C)CC2)cn1. The van der Waals surface area contributed by atoms with Crippen LogP contribution in [0.4, 0.5) is 5.95 Å². The Morgan fingerprint density at radius 1 is 1.19 bits per heavy atom. The molecular formula is C14H24N4O2S. The summed E-state index contributed by atoms with van der Waals surface area (Å²) in [4.78, 5) is 7.97. The smallest absolute Gasteiger partial charge is 0.243 e. The van der Waals surface area contributed by atoms with Gasteiger partial charge < -0.3 is 5.32 Å². The van der Waals surface area contributed by atoms with Crippen LogP contribution in [0.5, 0.6) is 0 Å². The zero-order valence-electron chi connectivity index (χ0n) is 12.7. The highest BCUT2D eigenvalue weighted by molar-refractivity contribution is 7.89. The molecule has 0 saturated heterocycles. The van der Waals surface area contributed by atoms with Gasteiger partial charge in [-0.2, -0.15) is 0 Å². The number of hydrogen-bond acceptors (Lipinski definition) is 5. The van der Waals surface area contributed by atoms with Crippen LogP contribution in [0.15, 0.2) is 17.3 Å². The zero-order chi connectivity index (χ0) is 15.3. The lowest BCUT2D eigenvalue weighted by molar-refractivity contribution is 0.278. The minimum atomic E-state index is -3.50. The Balaban J connectivity index is 1.83. The number of aromatic nitrogens is 2. The molecule has 0 aliphatic heterocycles. The third kappa shape index (κ3) is 4.64. The summed E-state index contributed by atoms with van der Waals surface area (Å²) in [6, 6.07) is 0. The number of sulfonamides is 1. The normalized spacial score (nSPS) is 23.0. The van der Waals surface area contributed by atoms with Crippen molar-refractivity contribution in [3.63, 3.8) is 0 Å². The molecule has 1 aliphatic carbocycles. The van der Waals surface area contributed by atoms with Crippen molar-refractivity contribution in [1.29, 1.82) is 0 Å². The number of nitrogens with zero attached hydrogens (tertiary/aromatic N) is 2. The maximum absolute atomic E-state index is 12.1. The highest BCUT2D eigenvalue weighted by Crippen LogP contribution is 2.30. The Morgan fingerprint density at radius 3 is 2.38 bits per heavy atom. The van der Waals surface area contributed by atoms with Crippen LogP contribution in [-0.2, 0) is 10.0 Å². The molecule has 2 rings (SSSR count). The zero-order valence-corrected chi connectivity index (χ0v) is 13.5. The average molecular weight is 312 g/mol. The Morgan fingerprint density at radius 2 is 1.81 bits per heavy atom. The molecule has 1 aliphatic rings. The molecule has 21 heavy (non-hydrogen) atoms. The molecular weight excluding hydrogens is 288 g/mol. The Labute approximate surface area is 126 Å². The number of nitrogens with one attached hydrogen (secondary N) is 2. The molecule has 7 heteroatoms. The van der Waals surface area contributed by atoms with Gasteiger partial charge in [0.1, 0.15) is 4.90 Å². The first-order valence-corrected chi connectivity index (χ1v) is 8.99. The molecule has 0 radical (unpaired) electrons. The van der Waals surface area contributed by atoms with Gasteiger partial charge in [0.2, 0.25) is 16.0 Å². The molecule has 0 amide bonds. The van der Waals surface area contributed by atoms with Gasteiger partial charge in [-0.3, -0.25) is 0 Å². The summed E-state index contributed by atoms with van der Waals surface area (Å²) in [5.74, 6) is 1.87. The first-order chi connectivity index (χ1) is 10.0. The molecule has 1 fully saturated rings. The van der Waals surface area contributed by atoms with Crippen LogP contribution in [0, 0.1) is 11.8 Å². The molecule has 0 atom stereocenters. The lowest BCUT2D eigenvalue weighted by Gasteiger charge is -2.26. The molecule has 0 unspecified atom stereocenters. The first kappa shape index (κ1) is 16.2. The molecule has 6 nitrogen and oxygen atoms in total. The monoisotopic (exact) mass is 312 g/mol. The fourth-order valence-corrected chi connectivity index (χ4v) is 3.62. The summed E-state index contributed by atoms with van der Waals surface area (Å²) in [6.45, 7) is 2.77. The molecule has 1 aromatic rings. The summed E-state index contributed by atoms with van der Waals surface area (Å²) in [5.41, 5.74) is 0. The minimum Gasteiger partial charge on any atom is -0.357 e. The summed E-state index contributed by atoms with van der Waals surface area (Å²) < 4.78 is 26.9. The van der Waals surface area contributed by atoms with Crippen LogP contribution in [0.1, 0.15) is 39.0 Å². The summed E-state index contributed by atoms with van der Waals surface area (Å²) >= 11 is 0. The van der Waals surface area contributed by atoms with Crippen LogP contribution >= 0.6 is 0 Å². The average Bonchev–Trinajstić information content (AvgIpc) is 2.49. The van der Waals surface area contributed by atoms with Crippen molar-refractivity contribution >= 4 is 16.0 Å². The molecule has 0 spiro atoms. The van der Waals surface area contributed by atoms with Gasteiger partial charge in [-0.1, -0.05) is 32.6 Å². The molecule has 1 heterocycles. The molecule has 0 aromatic carbocycles. The lowest BCUT2D eigenvalue weighted by Crippen LogP contribution is -2.27. The van der Waals surface area contributed by atoms with Gasteiger partial charge in [0.05, 0.1) is 12.4 Å². The topological polar surface area (TPSA) is 84.0 Å². The Bertz CT molecular complexity index is 537. The van der Waals surface area contributed by atoms with Gasteiger partial charge in [0, 0.05) is 13.6 Å². The fourth-order valence-electron chi connectivity index (χ4n) is 2.68. The second-order valence-corrected chi connectivity index (χ2v) is 7.57. The number of hydrogen-bond donors (Lipinski definition) is 2. The van der Waals surface area contributed by atoms with Crippen molar-refractivity contribution in [2.75, 3.05) is 18.9 Å². The van der Waals surface area contributed by atoms with Gasteiger partial charge in [0.15, 0.2) is 0 Å². The summed E-state index contributed by atoms with van der Waals surface area (Å²) in [7, 11) is -1.81. The van der Waals surface area contributed by atoms with Crippen LogP contribution in [-0.4, -0.2) is 32.0 Å². The van der Waals surface area contributed by atoms with Crippen molar-refractivity contribution in [3.05, 3.63) is 12.4 Å². The van der Waals surface area contributed by atoms with Crippen molar-refractivity contribution in [2.45, 2.75) is 43.9 Å². The molecule has 2 N–H and O–H groups in total. The van der Waals surface area contributed by atoms with Gasteiger partial charge in [-0.05, 0) is 18.3 Å². The van der Waals surface area contributed by atoms with E-state index in [-0.39, 0.29) is 4.90 Å². The predicted octanol–water partition coefficient (Wildman–Crippen LogP) is 2.01. The predicted molar refractivity (Wildman–Crippen MR) is 82.5 cm³/mol. The maximum atomic E-state index is 12.1. The van der Waals surface area contributed by atoms with Crippen molar-refractivity contribution in [3.8, 4) is 0 Å². The maximum Gasteiger partial charge on any atom is 0.243 e. The number of anilines is 1. The van der Waals surface area contributed by atoms with E-state index in [4.69, 9.17) is 0 Å². The third-order valence-electron chi connectivity index (χ3n) is 4.14. The van der Waals surface area contributed by atoms with Gasteiger partial charge in [-0.25, -0.2) is 23.1 Å². The highest BCUT2D eigenvalue weighted by Gasteiger charge is 2.19. The second kappa shape index (κ2) is 7.17. The Hall–Kier alpha value is -1.21. The van der Waals surface area contributed by atoms with E-state index >= 15 is 0 Å². The van der Waals surface area contributed by atoms with Gasteiger partial charge in [0.25, 0.3) is 0 Å². The molecule has 0 bridgehead atoms. The van der Waals surface area contributed by atoms with E-state index in [1.54, 1.807) is 7.05 Å². The van der Waals surface area contributed by atoms with Crippen molar-refractivity contribution in [2.24, 2.45) is 11.8 Å². The van der Waals surface area contributed by atoms with Gasteiger partial charge in [-0.15, -0.1) is 0 Å². The Kier molecular flexibility index (Phi) is 5.52. The molecule has 1 saturated carbocycles. The number of rotatable bonds is 6. The lowest BCUT2D eigenvalue weighted by atomic mass is 9.81. The van der Waals surface area contributed by atoms with Crippen LogP contribution in [0.25, 0.3) is 0 Å². The standard InChI is InChI=1S/C14H24N4O2S/c1-11-3-5-12(6-4-11)7-8-18-21(19,20)13-9-16-14(15-2)17-10-13/h9-12,18H,3-8H2,1-2H3,(H,15,16,17). The quantitative estimate of drug-likeness (QED) is 0.839. The van der Waals surface area contributed by atoms with E-state index in [0.29, 0.717) is 18.4 Å². The molecule has 118 valence electrons. The third-order valence-corrected chi connectivity index (χ3v) is 5.56.